The van der Waals surface area contributed by atoms with Gasteiger partial charge in [0.15, 0.2) is 0 Å². The van der Waals surface area contributed by atoms with E-state index in [0.717, 1.165) is 14.8 Å². The first-order valence-electron chi connectivity index (χ1n) is 7.57. The average Bonchev–Trinajstić information content (AvgIpc) is 2.92. The van der Waals surface area contributed by atoms with Gasteiger partial charge in [0.05, 0.1) is 16.6 Å². The van der Waals surface area contributed by atoms with Crippen molar-refractivity contribution >= 4 is 57.4 Å². The molecule has 0 spiro atoms. The Balaban J connectivity index is 1.73. The molecular formula is C18H16ClIN2O2. The van der Waals surface area contributed by atoms with Crippen molar-refractivity contribution in [1.82, 2.24) is 0 Å². The smallest absolute Gasteiger partial charge is 0.229 e. The monoisotopic (exact) mass is 454 g/mol. The van der Waals surface area contributed by atoms with Crippen molar-refractivity contribution < 1.29 is 9.59 Å². The lowest BCUT2D eigenvalue weighted by Gasteiger charge is -2.18. The van der Waals surface area contributed by atoms with E-state index in [1.165, 1.54) is 0 Å². The number of benzene rings is 2. The van der Waals surface area contributed by atoms with Crippen LogP contribution in [0.2, 0.25) is 5.02 Å². The van der Waals surface area contributed by atoms with Crippen LogP contribution in [-0.4, -0.2) is 18.4 Å². The second-order valence-electron chi connectivity index (χ2n) is 5.81. The molecule has 0 aromatic heterocycles. The van der Waals surface area contributed by atoms with E-state index in [2.05, 4.69) is 27.9 Å². The van der Waals surface area contributed by atoms with Gasteiger partial charge in [0.25, 0.3) is 0 Å². The number of amides is 2. The molecule has 2 aromatic carbocycles. The van der Waals surface area contributed by atoms with Crippen LogP contribution in [0.15, 0.2) is 42.5 Å². The fourth-order valence-electron chi connectivity index (χ4n) is 2.79. The number of para-hydroxylation sites is 1. The zero-order valence-electron chi connectivity index (χ0n) is 13.1. The Morgan fingerprint density at radius 3 is 2.75 bits per heavy atom. The van der Waals surface area contributed by atoms with Crippen LogP contribution in [0.25, 0.3) is 0 Å². The summed E-state index contributed by atoms with van der Waals surface area (Å²) in [6, 6.07) is 13.0. The van der Waals surface area contributed by atoms with Crippen LogP contribution in [0.3, 0.4) is 0 Å². The van der Waals surface area contributed by atoms with Crippen molar-refractivity contribution in [3.63, 3.8) is 0 Å². The van der Waals surface area contributed by atoms with Crippen LogP contribution < -0.4 is 10.2 Å². The number of hydrogen-bond donors (Lipinski definition) is 1. The predicted octanol–water partition coefficient (Wildman–Crippen LogP) is 4.24. The lowest BCUT2D eigenvalue weighted by molar-refractivity contribution is -0.122. The maximum absolute atomic E-state index is 12.5. The van der Waals surface area contributed by atoms with E-state index in [1.54, 1.807) is 17.0 Å². The third kappa shape index (κ3) is 3.57. The van der Waals surface area contributed by atoms with E-state index in [0.29, 0.717) is 17.3 Å². The minimum absolute atomic E-state index is 0.0809. The van der Waals surface area contributed by atoms with Crippen LogP contribution >= 0.6 is 34.2 Å². The lowest BCUT2D eigenvalue weighted by atomic mass is 10.1. The van der Waals surface area contributed by atoms with E-state index >= 15 is 0 Å². The van der Waals surface area contributed by atoms with Gasteiger partial charge in [0, 0.05) is 22.2 Å². The number of nitrogens with zero attached hydrogens (tertiary/aromatic N) is 1. The first kappa shape index (κ1) is 17.2. The summed E-state index contributed by atoms with van der Waals surface area (Å²) in [5.74, 6) is -0.600. The molecule has 2 amide bonds. The molecule has 2 aromatic rings. The molecule has 0 radical (unpaired) electrons. The molecule has 3 rings (SSSR count). The van der Waals surface area contributed by atoms with Crippen molar-refractivity contribution in [2.45, 2.75) is 13.3 Å². The van der Waals surface area contributed by atoms with Gasteiger partial charge in [0.2, 0.25) is 11.8 Å². The molecule has 1 aliphatic heterocycles. The number of anilines is 2. The third-order valence-corrected chi connectivity index (χ3v) is 5.08. The highest BCUT2D eigenvalue weighted by Gasteiger charge is 2.35. The van der Waals surface area contributed by atoms with E-state index in [1.807, 2.05) is 37.3 Å². The minimum Gasteiger partial charge on any atom is -0.326 e. The molecule has 1 aliphatic rings. The van der Waals surface area contributed by atoms with Crippen LogP contribution in [-0.2, 0) is 9.59 Å². The minimum atomic E-state index is -0.382. The quantitative estimate of drug-likeness (QED) is 0.705. The Kier molecular flexibility index (Phi) is 5.10. The van der Waals surface area contributed by atoms with Crippen molar-refractivity contribution in [1.29, 1.82) is 0 Å². The zero-order chi connectivity index (χ0) is 17.3. The van der Waals surface area contributed by atoms with Gasteiger partial charge < -0.3 is 10.2 Å². The van der Waals surface area contributed by atoms with Crippen LogP contribution in [0.4, 0.5) is 11.4 Å². The molecule has 0 bridgehead atoms. The van der Waals surface area contributed by atoms with Gasteiger partial charge in [-0.2, -0.15) is 0 Å². The topological polar surface area (TPSA) is 49.4 Å². The largest absolute Gasteiger partial charge is 0.326 e. The van der Waals surface area contributed by atoms with Gasteiger partial charge in [-0.15, -0.1) is 0 Å². The Labute approximate surface area is 159 Å². The highest BCUT2D eigenvalue weighted by molar-refractivity contribution is 14.1. The number of nitrogens with one attached hydrogen (secondary N) is 1. The first-order chi connectivity index (χ1) is 11.5. The number of rotatable bonds is 3. The average molecular weight is 455 g/mol. The van der Waals surface area contributed by atoms with Gasteiger partial charge in [-0.25, -0.2) is 0 Å². The maximum atomic E-state index is 12.5. The summed E-state index contributed by atoms with van der Waals surface area (Å²) in [4.78, 5) is 26.4. The molecule has 1 fully saturated rings. The van der Waals surface area contributed by atoms with E-state index in [-0.39, 0.29) is 24.2 Å². The molecular weight excluding hydrogens is 439 g/mol. The normalized spacial score (nSPS) is 17.2. The molecule has 1 saturated heterocycles. The van der Waals surface area contributed by atoms with Gasteiger partial charge in [-0.1, -0.05) is 23.7 Å². The van der Waals surface area contributed by atoms with Crippen molar-refractivity contribution in [3.8, 4) is 0 Å². The van der Waals surface area contributed by atoms with Crippen LogP contribution in [0.5, 0.6) is 0 Å². The molecule has 4 nitrogen and oxygen atoms in total. The SMILES string of the molecule is Cc1cc(I)ccc1NC(=O)C1CC(=O)N(c2ccccc2Cl)C1. The summed E-state index contributed by atoms with van der Waals surface area (Å²) >= 11 is 8.40. The third-order valence-electron chi connectivity index (χ3n) is 4.09. The van der Waals surface area contributed by atoms with Gasteiger partial charge >= 0.3 is 0 Å². The highest BCUT2D eigenvalue weighted by atomic mass is 127. The van der Waals surface area contributed by atoms with Crippen LogP contribution in [0.1, 0.15) is 12.0 Å². The number of carbonyl (C=O) groups excluding carboxylic acids is 2. The molecule has 6 heteroatoms. The summed E-state index contributed by atoms with van der Waals surface area (Å²) in [6.07, 6.45) is 0.195. The molecule has 0 saturated carbocycles. The predicted molar refractivity (Wildman–Crippen MR) is 104 cm³/mol. The number of aryl methyl sites for hydroxylation is 1. The zero-order valence-corrected chi connectivity index (χ0v) is 16.0. The van der Waals surface area contributed by atoms with E-state index < -0.39 is 0 Å². The number of halogens is 2. The fraction of sp³-hybridized carbons (Fsp3) is 0.222. The standard InChI is InChI=1S/C18H16ClIN2O2/c1-11-8-13(20)6-7-15(11)21-18(24)12-9-17(23)22(10-12)16-5-3-2-4-14(16)19/h2-8,12H,9-10H2,1H3,(H,21,24). The molecule has 24 heavy (non-hydrogen) atoms. The second kappa shape index (κ2) is 7.11. The Bertz CT molecular complexity index is 809. The summed E-state index contributed by atoms with van der Waals surface area (Å²) < 4.78 is 1.11. The van der Waals surface area contributed by atoms with Gasteiger partial charge in [-0.3, -0.25) is 9.59 Å². The van der Waals surface area contributed by atoms with Gasteiger partial charge in [-0.05, 0) is 65.4 Å². The summed E-state index contributed by atoms with van der Waals surface area (Å²) in [5, 5.41) is 3.45. The van der Waals surface area contributed by atoms with Crippen molar-refractivity contribution in [3.05, 3.63) is 56.6 Å². The fourth-order valence-corrected chi connectivity index (χ4v) is 3.67. The molecule has 1 N–H and O–H groups in total. The molecule has 1 unspecified atom stereocenters. The molecule has 1 heterocycles. The Hall–Kier alpha value is -1.60. The lowest BCUT2D eigenvalue weighted by Crippen LogP contribution is -2.28. The first-order valence-corrected chi connectivity index (χ1v) is 9.03. The summed E-state index contributed by atoms with van der Waals surface area (Å²) in [6.45, 7) is 2.30. The van der Waals surface area contributed by atoms with Crippen molar-refractivity contribution in [2.24, 2.45) is 5.92 Å². The highest BCUT2D eigenvalue weighted by Crippen LogP contribution is 2.31. The van der Waals surface area contributed by atoms with Gasteiger partial charge in [0.1, 0.15) is 0 Å². The molecule has 0 aliphatic carbocycles. The van der Waals surface area contributed by atoms with Crippen molar-refractivity contribution in [2.75, 3.05) is 16.8 Å². The van der Waals surface area contributed by atoms with E-state index in [4.69, 9.17) is 11.6 Å². The molecule has 1 atom stereocenters. The number of hydrogen-bond acceptors (Lipinski definition) is 2. The number of carbonyl (C=O) groups is 2. The summed E-state index contributed by atoms with van der Waals surface area (Å²) in [5.41, 5.74) is 2.44. The Morgan fingerprint density at radius 1 is 1.29 bits per heavy atom. The summed E-state index contributed by atoms with van der Waals surface area (Å²) in [7, 11) is 0. The molecule has 124 valence electrons. The maximum Gasteiger partial charge on any atom is 0.229 e. The van der Waals surface area contributed by atoms with Crippen LogP contribution in [0, 0.1) is 16.4 Å². The van der Waals surface area contributed by atoms with E-state index in [9.17, 15) is 9.59 Å². The Morgan fingerprint density at radius 2 is 2.04 bits per heavy atom. The second-order valence-corrected chi connectivity index (χ2v) is 7.46.